The fourth-order valence-electron chi connectivity index (χ4n) is 1.75. The monoisotopic (exact) mass is 375 g/mol. The summed E-state index contributed by atoms with van der Waals surface area (Å²) in [5.41, 5.74) is 5.91. The molecule has 1 heterocycles. The number of morpholine rings is 1. The highest BCUT2D eigenvalue weighted by Crippen LogP contribution is 2.13. The molecule has 0 aromatic heterocycles. The van der Waals surface area contributed by atoms with Gasteiger partial charge in [-0.2, -0.15) is 0 Å². The lowest BCUT2D eigenvalue weighted by Gasteiger charge is -2.27. The molecule has 1 aliphatic rings. The molecule has 0 amide bonds. The van der Waals surface area contributed by atoms with Crippen molar-refractivity contribution in [3.8, 4) is 5.75 Å². The minimum atomic E-state index is 0.533. The zero-order valence-electron chi connectivity index (χ0n) is 10.7. The number of hydrogen-bond acceptors (Lipinski definition) is 3. The molecule has 0 spiro atoms. The lowest BCUT2D eigenvalue weighted by Crippen LogP contribution is -2.45. The van der Waals surface area contributed by atoms with E-state index in [2.05, 4.69) is 27.6 Å². The number of nitrogens with zero attached hydrogens (tertiary/aromatic N) is 2. The van der Waals surface area contributed by atoms with E-state index in [1.807, 2.05) is 29.2 Å². The van der Waals surface area contributed by atoms with Crippen LogP contribution in [0.2, 0.25) is 0 Å². The molecule has 1 aromatic carbocycles. The van der Waals surface area contributed by atoms with E-state index >= 15 is 0 Å². The first-order valence-electron chi connectivity index (χ1n) is 6.27. The zero-order valence-corrected chi connectivity index (χ0v) is 12.9. The van der Waals surface area contributed by atoms with Crippen LogP contribution in [-0.4, -0.2) is 50.3 Å². The number of rotatable bonds is 4. The molecule has 1 saturated heterocycles. The quantitative estimate of drug-likeness (QED) is 0.373. The highest BCUT2D eigenvalue weighted by Gasteiger charge is 2.11. The molecule has 0 atom stereocenters. The minimum absolute atomic E-state index is 0.533. The van der Waals surface area contributed by atoms with Gasteiger partial charge in [-0.25, -0.2) is 4.99 Å². The first-order valence-corrected chi connectivity index (χ1v) is 7.34. The van der Waals surface area contributed by atoms with Crippen molar-refractivity contribution in [1.29, 1.82) is 0 Å². The Kier molecular flexibility index (Phi) is 5.71. The van der Waals surface area contributed by atoms with Gasteiger partial charge in [-0.15, -0.1) is 0 Å². The molecule has 0 aliphatic carbocycles. The van der Waals surface area contributed by atoms with Crippen LogP contribution in [0.1, 0.15) is 0 Å². The average Bonchev–Trinajstić information content (AvgIpc) is 2.46. The van der Waals surface area contributed by atoms with Crippen LogP contribution in [0, 0.1) is 3.57 Å². The summed E-state index contributed by atoms with van der Waals surface area (Å²) in [6, 6.07) is 7.94. The molecule has 1 aromatic rings. The molecule has 2 N–H and O–H groups in total. The topological polar surface area (TPSA) is 60.1 Å². The molecule has 1 fully saturated rings. The molecular weight excluding hydrogens is 357 g/mol. The molecule has 0 unspecified atom stereocenters. The molecule has 2 rings (SSSR count). The number of benzene rings is 1. The highest BCUT2D eigenvalue weighted by atomic mass is 127. The lowest BCUT2D eigenvalue weighted by molar-refractivity contribution is 0.0674. The summed E-state index contributed by atoms with van der Waals surface area (Å²) in [4.78, 5) is 6.35. The summed E-state index contributed by atoms with van der Waals surface area (Å²) in [5.74, 6) is 1.44. The Hall–Kier alpha value is -1.02. The van der Waals surface area contributed by atoms with E-state index in [-0.39, 0.29) is 0 Å². The predicted octanol–water partition coefficient (Wildman–Crippen LogP) is 1.32. The van der Waals surface area contributed by atoms with Gasteiger partial charge in [-0.1, -0.05) is 0 Å². The maximum Gasteiger partial charge on any atom is 0.191 e. The third-order valence-corrected chi connectivity index (χ3v) is 3.50. The molecular formula is C13H18IN3O2. The highest BCUT2D eigenvalue weighted by molar-refractivity contribution is 14.1. The van der Waals surface area contributed by atoms with Crippen LogP contribution in [0.15, 0.2) is 29.3 Å². The van der Waals surface area contributed by atoms with Crippen LogP contribution in [0.5, 0.6) is 5.75 Å². The first kappa shape index (κ1) is 14.4. The van der Waals surface area contributed by atoms with E-state index in [9.17, 15) is 0 Å². The molecule has 104 valence electrons. The smallest absolute Gasteiger partial charge is 0.191 e. The fourth-order valence-corrected chi connectivity index (χ4v) is 2.11. The van der Waals surface area contributed by atoms with Crippen molar-refractivity contribution in [2.75, 3.05) is 39.5 Å². The van der Waals surface area contributed by atoms with Gasteiger partial charge in [0.05, 0.1) is 19.8 Å². The van der Waals surface area contributed by atoms with Gasteiger partial charge in [0.15, 0.2) is 5.96 Å². The number of guanidine groups is 1. The summed E-state index contributed by atoms with van der Waals surface area (Å²) >= 11 is 2.27. The predicted molar refractivity (Wildman–Crippen MR) is 83.5 cm³/mol. The summed E-state index contributed by atoms with van der Waals surface area (Å²) < 4.78 is 12.0. The summed E-state index contributed by atoms with van der Waals surface area (Å²) in [5, 5.41) is 0. The van der Waals surface area contributed by atoms with Crippen molar-refractivity contribution in [1.82, 2.24) is 4.90 Å². The molecule has 0 bridgehead atoms. The van der Waals surface area contributed by atoms with Gasteiger partial charge in [0.25, 0.3) is 0 Å². The molecule has 19 heavy (non-hydrogen) atoms. The van der Waals surface area contributed by atoms with Crippen molar-refractivity contribution in [2.24, 2.45) is 10.7 Å². The standard InChI is InChI=1S/C13H18IN3O2/c14-11-1-3-12(4-2-11)19-8-5-16-13(15)17-6-9-18-10-7-17/h1-4H,5-10H2,(H2,15,16). The van der Waals surface area contributed by atoms with Crippen molar-refractivity contribution in [2.45, 2.75) is 0 Å². The van der Waals surface area contributed by atoms with Gasteiger partial charge in [0, 0.05) is 16.7 Å². The van der Waals surface area contributed by atoms with E-state index in [4.69, 9.17) is 15.2 Å². The normalized spacial score (nSPS) is 16.5. The molecule has 5 nitrogen and oxygen atoms in total. The van der Waals surface area contributed by atoms with Crippen LogP contribution in [0.3, 0.4) is 0 Å². The Morgan fingerprint density at radius 3 is 2.68 bits per heavy atom. The minimum Gasteiger partial charge on any atom is -0.492 e. The van der Waals surface area contributed by atoms with Crippen LogP contribution in [-0.2, 0) is 4.74 Å². The number of halogens is 1. The second-order valence-corrected chi connectivity index (χ2v) is 5.39. The lowest BCUT2D eigenvalue weighted by atomic mass is 10.3. The van der Waals surface area contributed by atoms with Crippen LogP contribution >= 0.6 is 22.6 Å². The number of ether oxygens (including phenoxy) is 2. The second-order valence-electron chi connectivity index (χ2n) is 4.14. The maximum atomic E-state index is 5.91. The zero-order chi connectivity index (χ0) is 13.5. The fraction of sp³-hybridized carbons (Fsp3) is 0.462. The number of nitrogens with two attached hydrogens (primary N) is 1. The van der Waals surface area contributed by atoms with Gasteiger partial charge in [-0.05, 0) is 46.9 Å². The van der Waals surface area contributed by atoms with Gasteiger partial charge in [-0.3, -0.25) is 0 Å². The van der Waals surface area contributed by atoms with E-state index < -0.39 is 0 Å². The Balaban J connectivity index is 1.71. The third kappa shape index (κ3) is 4.87. The molecule has 0 saturated carbocycles. The van der Waals surface area contributed by atoms with Gasteiger partial charge in [0.1, 0.15) is 12.4 Å². The average molecular weight is 375 g/mol. The van der Waals surface area contributed by atoms with Gasteiger partial charge >= 0.3 is 0 Å². The van der Waals surface area contributed by atoms with E-state index in [0.717, 1.165) is 32.1 Å². The summed E-state index contributed by atoms with van der Waals surface area (Å²) in [6.07, 6.45) is 0. The molecule has 0 radical (unpaired) electrons. The number of aliphatic imine (C=N–C) groups is 1. The number of hydrogen-bond donors (Lipinski definition) is 1. The Morgan fingerprint density at radius 1 is 1.32 bits per heavy atom. The van der Waals surface area contributed by atoms with Crippen LogP contribution in [0.4, 0.5) is 0 Å². The second kappa shape index (κ2) is 7.54. The summed E-state index contributed by atoms with van der Waals surface area (Å²) in [6.45, 7) is 4.16. The van der Waals surface area contributed by atoms with Crippen molar-refractivity contribution >= 4 is 28.6 Å². The first-order chi connectivity index (χ1) is 9.25. The Bertz CT molecular complexity index is 416. The Labute approximate surface area is 126 Å². The molecule has 6 heteroatoms. The third-order valence-electron chi connectivity index (χ3n) is 2.78. The Morgan fingerprint density at radius 2 is 2.00 bits per heavy atom. The van der Waals surface area contributed by atoms with E-state index in [0.29, 0.717) is 19.1 Å². The van der Waals surface area contributed by atoms with E-state index in [1.54, 1.807) is 0 Å². The largest absolute Gasteiger partial charge is 0.492 e. The maximum absolute atomic E-state index is 5.91. The van der Waals surface area contributed by atoms with Gasteiger partial charge in [0.2, 0.25) is 0 Å². The van der Waals surface area contributed by atoms with Crippen LogP contribution in [0.25, 0.3) is 0 Å². The van der Waals surface area contributed by atoms with Crippen molar-refractivity contribution < 1.29 is 9.47 Å². The van der Waals surface area contributed by atoms with Crippen LogP contribution < -0.4 is 10.5 Å². The van der Waals surface area contributed by atoms with Crippen molar-refractivity contribution in [3.05, 3.63) is 27.8 Å². The molecule has 1 aliphatic heterocycles. The van der Waals surface area contributed by atoms with Crippen molar-refractivity contribution in [3.63, 3.8) is 0 Å². The SMILES string of the molecule is NC(=NCCOc1ccc(I)cc1)N1CCOCC1. The summed E-state index contributed by atoms with van der Waals surface area (Å²) in [7, 11) is 0. The van der Waals surface area contributed by atoms with E-state index in [1.165, 1.54) is 3.57 Å². The van der Waals surface area contributed by atoms with Gasteiger partial charge < -0.3 is 20.1 Å².